The standard InChI is InChI=1S/C12H13NO4S/c1-2-13-9-4-3-8-5-10(18-17-16-15)7-12(14)11(8)6-9/h3-7,13-15H,2H2,1H3. The van der Waals surface area contributed by atoms with Gasteiger partial charge in [-0.15, -0.1) is 4.33 Å². The number of nitrogens with one attached hydrogen (secondary N) is 1. The van der Waals surface area contributed by atoms with Gasteiger partial charge in [0.2, 0.25) is 0 Å². The zero-order valence-corrected chi connectivity index (χ0v) is 10.5. The number of rotatable bonds is 5. The summed E-state index contributed by atoms with van der Waals surface area (Å²) in [5, 5.41) is 26.4. The lowest BCUT2D eigenvalue weighted by Crippen LogP contribution is -1.95. The first-order chi connectivity index (χ1) is 8.74. The van der Waals surface area contributed by atoms with E-state index in [9.17, 15) is 5.11 Å². The van der Waals surface area contributed by atoms with Crippen LogP contribution < -0.4 is 5.32 Å². The summed E-state index contributed by atoms with van der Waals surface area (Å²) >= 11 is 0.816. The van der Waals surface area contributed by atoms with Gasteiger partial charge in [-0.2, -0.15) is 0 Å². The van der Waals surface area contributed by atoms with Crippen LogP contribution in [0.3, 0.4) is 0 Å². The van der Waals surface area contributed by atoms with Crippen LogP contribution in [0.2, 0.25) is 0 Å². The molecule has 0 aromatic heterocycles. The number of fused-ring (bicyclic) bond motifs is 1. The smallest absolute Gasteiger partial charge is 0.124 e. The van der Waals surface area contributed by atoms with Gasteiger partial charge in [0.05, 0.1) is 12.0 Å². The van der Waals surface area contributed by atoms with E-state index in [-0.39, 0.29) is 5.75 Å². The quantitative estimate of drug-likeness (QED) is 0.438. The summed E-state index contributed by atoms with van der Waals surface area (Å²) in [5.74, 6) is 0.149. The largest absolute Gasteiger partial charge is 0.507 e. The van der Waals surface area contributed by atoms with Crippen LogP contribution in [0.15, 0.2) is 35.2 Å². The Morgan fingerprint density at radius 1 is 1.28 bits per heavy atom. The maximum atomic E-state index is 9.94. The molecule has 0 unspecified atom stereocenters. The molecular formula is C12H13NO4S. The van der Waals surface area contributed by atoms with Gasteiger partial charge in [0.1, 0.15) is 5.75 Å². The minimum atomic E-state index is 0.149. The number of hydrogen-bond acceptors (Lipinski definition) is 6. The molecule has 0 fully saturated rings. The van der Waals surface area contributed by atoms with Crippen molar-refractivity contribution in [1.29, 1.82) is 0 Å². The molecular weight excluding hydrogens is 254 g/mol. The first-order valence-electron chi connectivity index (χ1n) is 5.40. The third kappa shape index (κ3) is 2.85. The predicted octanol–water partition coefficient (Wildman–Crippen LogP) is 3.41. The Morgan fingerprint density at radius 2 is 2.11 bits per heavy atom. The number of phenolic OH excluding ortho intramolecular Hbond substituents is 1. The van der Waals surface area contributed by atoms with Gasteiger partial charge >= 0.3 is 0 Å². The first kappa shape index (κ1) is 13.0. The maximum Gasteiger partial charge on any atom is 0.124 e. The Balaban J connectivity index is 2.38. The number of aromatic hydroxyl groups is 1. The Morgan fingerprint density at radius 3 is 2.83 bits per heavy atom. The Labute approximate surface area is 108 Å². The van der Waals surface area contributed by atoms with Crippen molar-refractivity contribution in [2.24, 2.45) is 0 Å². The van der Waals surface area contributed by atoms with Crippen molar-refractivity contribution in [3.05, 3.63) is 30.3 Å². The molecule has 0 aliphatic rings. The lowest BCUT2D eigenvalue weighted by atomic mass is 10.1. The summed E-state index contributed by atoms with van der Waals surface area (Å²) in [4.78, 5) is 0.630. The highest BCUT2D eigenvalue weighted by Gasteiger charge is 2.06. The summed E-state index contributed by atoms with van der Waals surface area (Å²) in [6.45, 7) is 2.83. The molecule has 0 amide bonds. The van der Waals surface area contributed by atoms with Gasteiger partial charge in [0, 0.05) is 22.5 Å². The van der Waals surface area contributed by atoms with Crippen molar-refractivity contribution in [3.8, 4) is 5.75 Å². The van der Waals surface area contributed by atoms with Gasteiger partial charge in [-0.25, -0.2) is 5.26 Å². The summed E-state index contributed by atoms with van der Waals surface area (Å²) in [6, 6.07) is 9.09. The van der Waals surface area contributed by atoms with Crippen LogP contribution in [0.25, 0.3) is 10.8 Å². The van der Waals surface area contributed by atoms with Gasteiger partial charge in [0.25, 0.3) is 0 Å². The monoisotopic (exact) mass is 267 g/mol. The lowest BCUT2D eigenvalue weighted by Gasteiger charge is -2.08. The molecule has 0 radical (unpaired) electrons. The Hall–Kier alpha value is -1.47. The third-order valence-electron chi connectivity index (χ3n) is 2.45. The molecule has 3 N–H and O–H groups in total. The average molecular weight is 267 g/mol. The molecule has 2 aromatic rings. The highest BCUT2D eigenvalue weighted by Crippen LogP contribution is 2.33. The zero-order chi connectivity index (χ0) is 13.0. The van der Waals surface area contributed by atoms with Gasteiger partial charge < -0.3 is 10.4 Å². The molecule has 18 heavy (non-hydrogen) atoms. The topological polar surface area (TPSA) is 71.0 Å². The molecule has 0 saturated heterocycles. The molecule has 96 valence electrons. The van der Waals surface area contributed by atoms with Crippen LogP contribution in [0.5, 0.6) is 5.75 Å². The van der Waals surface area contributed by atoms with Crippen molar-refractivity contribution < 1.29 is 19.7 Å². The summed E-state index contributed by atoms with van der Waals surface area (Å²) < 4.78 is 4.33. The van der Waals surface area contributed by atoms with E-state index in [1.54, 1.807) is 6.07 Å². The normalized spacial score (nSPS) is 10.8. The van der Waals surface area contributed by atoms with E-state index in [4.69, 9.17) is 5.26 Å². The third-order valence-corrected chi connectivity index (χ3v) is 3.00. The molecule has 0 heterocycles. The van der Waals surface area contributed by atoms with E-state index in [1.165, 1.54) is 0 Å². The van der Waals surface area contributed by atoms with E-state index in [0.29, 0.717) is 4.90 Å². The van der Waals surface area contributed by atoms with Gasteiger partial charge in [-0.3, -0.25) is 0 Å². The number of phenols is 1. The van der Waals surface area contributed by atoms with Crippen LogP contribution in [-0.4, -0.2) is 16.9 Å². The van der Waals surface area contributed by atoms with E-state index < -0.39 is 0 Å². The number of anilines is 1. The number of hydrogen-bond donors (Lipinski definition) is 3. The maximum absolute atomic E-state index is 9.94. The summed E-state index contributed by atoms with van der Waals surface area (Å²) in [5.41, 5.74) is 0.954. The van der Waals surface area contributed by atoms with E-state index >= 15 is 0 Å². The molecule has 0 bridgehead atoms. The van der Waals surface area contributed by atoms with Gasteiger partial charge in [-0.1, -0.05) is 11.1 Å². The van der Waals surface area contributed by atoms with Crippen LogP contribution in [-0.2, 0) is 9.37 Å². The van der Waals surface area contributed by atoms with Crippen molar-refractivity contribution in [2.45, 2.75) is 11.8 Å². The van der Waals surface area contributed by atoms with E-state index in [2.05, 4.69) is 14.7 Å². The second-order valence-electron chi connectivity index (χ2n) is 3.63. The minimum absolute atomic E-state index is 0.149. The number of benzene rings is 2. The Bertz CT molecular complexity index is 547. The SMILES string of the molecule is CCNc1ccc2cc(SOOO)cc(O)c2c1. The van der Waals surface area contributed by atoms with Crippen molar-refractivity contribution >= 4 is 28.5 Å². The van der Waals surface area contributed by atoms with E-state index in [1.807, 2.05) is 31.2 Å². The minimum Gasteiger partial charge on any atom is -0.507 e. The molecule has 0 spiro atoms. The highest BCUT2D eigenvalue weighted by molar-refractivity contribution is 7.94. The van der Waals surface area contributed by atoms with Crippen LogP contribution >= 0.6 is 12.0 Å². The van der Waals surface area contributed by atoms with E-state index in [0.717, 1.165) is 35.0 Å². The molecule has 0 atom stereocenters. The molecule has 0 aliphatic carbocycles. The predicted molar refractivity (Wildman–Crippen MR) is 70.4 cm³/mol. The van der Waals surface area contributed by atoms with Gasteiger partial charge in [0.15, 0.2) is 0 Å². The van der Waals surface area contributed by atoms with Crippen LogP contribution in [0.4, 0.5) is 5.69 Å². The van der Waals surface area contributed by atoms with Crippen molar-refractivity contribution in [2.75, 3.05) is 11.9 Å². The van der Waals surface area contributed by atoms with Crippen molar-refractivity contribution in [1.82, 2.24) is 0 Å². The molecule has 6 heteroatoms. The zero-order valence-electron chi connectivity index (χ0n) is 9.71. The molecule has 5 nitrogen and oxygen atoms in total. The molecule has 2 aromatic carbocycles. The van der Waals surface area contributed by atoms with Crippen molar-refractivity contribution in [3.63, 3.8) is 0 Å². The summed E-state index contributed by atoms with van der Waals surface area (Å²) in [6.07, 6.45) is 0. The van der Waals surface area contributed by atoms with Crippen LogP contribution in [0.1, 0.15) is 6.92 Å². The fraction of sp³-hybridized carbons (Fsp3) is 0.167. The molecule has 0 saturated carbocycles. The second-order valence-corrected chi connectivity index (χ2v) is 4.41. The van der Waals surface area contributed by atoms with Gasteiger partial charge in [-0.05, 0) is 36.6 Å². The lowest BCUT2D eigenvalue weighted by molar-refractivity contribution is -0.432. The molecule has 2 rings (SSSR count). The highest BCUT2D eigenvalue weighted by atomic mass is 32.2. The fourth-order valence-corrected chi connectivity index (χ4v) is 2.17. The molecule has 0 aliphatic heterocycles. The fourth-order valence-electron chi connectivity index (χ4n) is 1.73. The first-order valence-corrected chi connectivity index (χ1v) is 6.14. The average Bonchev–Trinajstić information content (AvgIpc) is 2.37. The van der Waals surface area contributed by atoms with Crippen LogP contribution in [0, 0.1) is 0 Å². The summed E-state index contributed by atoms with van der Waals surface area (Å²) in [7, 11) is 0. The Kier molecular flexibility index (Phi) is 4.27. The second kappa shape index (κ2) is 5.92.